The Bertz CT molecular complexity index is 686. The van der Waals surface area contributed by atoms with Crippen molar-refractivity contribution in [2.75, 3.05) is 31.1 Å². The van der Waals surface area contributed by atoms with Crippen LogP contribution in [-0.4, -0.2) is 42.1 Å². The second kappa shape index (κ2) is 6.40. The molecule has 0 saturated carbocycles. The van der Waals surface area contributed by atoms with E-state index in [9.17, 15) is 9.18 Å². The molecule has 122 valence electrons. The average Bonchev–Trinajstić information content (AvgIpc) is 2.87. The molecular formula is C17H20FN3O2. The van der Waals surface area contributed by atoms with Gasteiger partial charge in [0.1, 0.15) is 11.6 Å². The Labute approximate surface area is 134 Å². The number of carbonyl (C=O) groups is 1. The van der Waals surface area contributed by atoms with Crippen molar-refractivity contribution >= 4 is 11.6 Å². The fourth-order valence-corrected chi connectivity index (χ4v) is 2.92. The lowest BCUT2D eigenvalue weighted by Gasteiger charge is -2.36. The minimum Gasteiger partial charge on any atom is -0.366 e. The number of anilines is 1. The highest BCUT2D eigenvalue weighted by molar-refractivity contribution is 5.79. The molecule has 1 amide bonds. The summed E-state index contributed by atoms with van der Waals surface area (Å²) in [5.74, 6) is 0.538. The Hall–Kier alpha value is -2.37. The zero-order valence-electron chi connectivity index (χ0n) is 13.4. The van der Waals surface area contributed by atoms with Gasteiger partial charge in [-0.2, -0.15) is 0 Å². The molecule has 5 nitrogen and oxygen atoms in total. The van der Waals surface area contributed by atoms with Crippen molar-refractivity contribution < 1.29 is 13.7 Å². The zero-order chi connectivity index (χ0) is 16.4. The Morgan fingerprint density at radius 3 is 2.52 bits per heavy atom. The lowest BCUT2D eigenvalue weighted by molar-refractivity contribution is -0.130. The third-order valence-electron chi connectivity index (χ3n) is 4.33. The molecular weight excluding hydrogens is 297 g/mol. The van der Waals surface area contributed by atoms with Gasteiger partial charge in [-0.3, -0.25) is 4.79 Å². The van der Waals surface area contributed by atoms with Crippen LogP contribution in [0.5, 0.6) is 0 Å². The summed E-state index contributed by atoms with van der Waals surface area (Å²) in [7, 11) is 0. The minimum absolute atomic E-state index is 0.0626. The molecule has 1 aliphatic heterocycles. The Balaban J connectivity index is 1.61. The third kappa shape index (κ3) is 3.21. The van der Waals surface area contributed by atoms with Gasteiger partial charge < -0.3 is 14.3 Å². The number of piperazine rings is 1. The molecule has 0 unspecified atom stereocenters. The van der Waals surface area contributed by atoms with Crippen molar-refractivity contribution in [1.29, 1.82) is 0 Å². The average molecular weight is 317 g/mol. The number of halogens is 1. The Morgan fingerprint density at radius 2 is 1.91 bits per heavy atom. The summed E-state index contributed by atoms with van der Waals surface area (Å²) in [4.78, 5) is 16.2. The Morgan fingerprint density at radius 1 is 1.22 bits per heavy atom. The first-order chi connectivity index (χ1) is 11.1. The summed E-state index contributed by atoms with van der Waals surface area (Å²) < 4.78 is 18.9. The van der Waals surface area contributed by atoms with Crippen molar-refractivity contribution in [2.45, 2.75) is 20.3 Å². The van der Waals surface area contributed by atoms with Gasteiger partial charge in [-0.05, 0) is 26.0 Å². The van der Waals surface area contributed by atoms with Crippen molar-refractivity contribution in [2.24, 2.45) is 0 Å². The minimum atomic E-state index is -0.219. The number of para-hydroxylation sites is 1. The smallest absolute Gasteiger partial charge is 0.227 e. The van der Waals surface area contributed by atoms with Crippen LogP contribution in [0, 0.1) is 19.7 Å². The molecule has 1 aliphatic rings. The monoisotopic (exact) mass is 317 g/mol. The highest BCUT2D eigenvalue weighted by atomic mass is 19.1. The summed E-state index contributed by atoms with van der Waals surface area (Å²) >= 11 is 0. The predicted molar refractivity (Wildman–Crippen MR) is 84.9 cm³/mol. The first-order valence-corrected chi connectivity index (χ1v) is 7.75. The van der Waals surface area contributed by atoms with Gasteiger partial charge in [0.05, 0.1) is 17.8 Å². The number of aromatic nitrogens is 1. The topological polar surface area (TPSA) is 49.6 Å². The molecule has 3 rings (SSSR count). The number of aryl methyl sites for hydroxylation is 2. The van der Waals surface area contributed by atoms with Crippen LogP contribution in [0.15, 0.2) is 28.8 Å². The van der Waals surface area contributed by atoms with Crippen molar-refractivity contribution in [3.63, 3.8) is 0 Å². The summed E-state index contributed by atoms with van der Waals surface area (Å²) in [6.45, 7) is 6.11. The summed E-state index contributed by atoms with van der Waals surface area (Å²) in [5, 5.41) is 3.88. The Kier molecular flexibility index (Phi) is 4.32. The van der Waals surface area contributed by atoms with E-state index in [2.05, 4.69) is 5.16 Å². The largest absolute Gasteiger partial charge is 0.366 e. The lowest BCUT2D eigenvalue weighted by Crippen LogP contribution is -2.49. The second-order valence-electron chi connectivity index (χ2n) is 5.80. The van der Waals surface area contributed by atoms with E-state index in [-0.39, 0.29) is 11.7 Å². The molecule has 2 aromatic rings. The molecule has 0 bridgehead atoms. The van der Waals surface area contributed by atoms with Gasteiger partial charge >= 0.3 is 0 Å². The lowest BCUT2D eigenvalue weighted by atomic mass is 10.1. The van der Waals surface area contributed by atoms with E-state index in [0.29, 0.717) is 44.0 Å². The van der Waals surface area contributed by atoms with Crippen LogP contribution < -0.4 is 4.90 Å². The second-order valence-corrected chi connectivity index (χ2v) is 5.80. The highest BCUT2D eigenvalue weighted by Gasteiger charge is 2.24. The van der Waals surface area contributed by atoms with E-state index in [1.54, 1.807) is 12.1 Å². The predicted octanol–water partition coefficient (Wildman–Crippen LogP) is 2.32. The van der Waals surface area contributed by atoms with E-state index in [1.165, 1.54) is 6.07 Å². The molecule has 1 aromatic carbocycles. The van der Waals surface area contributed by atoms with Crippen LogP contribution in [0.4, 0.5) is 10.1 Å². The molecule has 0 radical (unpaired) electrons. The number of carbonyl (C=O) groups excluding carboxylic acids is 1. The standard InChI is InChI=1S/C17H20FN3O2/c1-12-14(13(2)23-19-12)11-17(22)21-9-7-20(8-10-21)16-6-4-3-5-15(16)18/h3-6H,7-11H2,1-2H3. The van der Waals surface area contributed by atoms with Crippen molar-refractivity contribution in [3.8, 4) is 0 Å². The van der Waals surface area contributed by atoms with Gasteiger partial charge in [0, 0.05) is 31.7 Å². The first kappa shape index (κ1) is 15.5. The van der Waals surface area contributed by atoms with Gasteiger partial charge in [-0.1, -0.05) is 17.3 Å². The quantitative estimate of drug-likeness (QED) is 0.872. The van der Waals surface area contributed by atoms with Crippen LogP contribution in [0.1, 0.15) is 17.0 Å². The van der Waals surface area contributed by atoms with Gasteiger partial charge in [0.25, 0.3) is 0 Å². The van der Waals surface area contributed by atoms with Crippen LogP contribution >= 0.6 is 0 Å². The fraction of sp³-hybridized carbons (Fsp3) is 0.412. The highest BCUT2D eigenvalue weighted by Crippen LogP contribution is 2.21. The summed E-state index contributed by atoms with van der Waals surface area (Å²) in [6.07, 6.45) is 0.306. The van der Waals surface area contributed by atoms with Crippen LogP contribution in [-0.2, 0) is 11.2 Å². The number of amides is 1. The molecule has 2 heterocycles. The van der Waals surface area contributed by atoms with Crippen molar-refractivity contribution in [3.05, 3.63) is 47.1 Å². The van der Waals surface area contributed by atoms with Gasteiger partial charge in [-0.15, -0.1) is 0 Å². The maximum atomic E-state index is 13.8. The molecule has 1 aromatic heterocycles. The first-order valence-electron chi connectivity index (χ1n) is 7.75. The maximum Gasteiger partial charge on any atom is 0.227 e. The normalized spacial score (nSPS) is 15.1. The van der Waals surface area contributed by atoms with E-state index in [0.717, 1.165) is 11.3 Å². The SMILES string of the molecule is Cc1noc(C)c1CC(=O)N1CCN(c2ccccc2F)CC1. The van der Waals surface area contributed by atoms with Gasteiger partial charge in [0.2, 0.25) is 5.91 Å². The molecule has 1 saturated heterocycles. The number of hydrogen-bond acceptors (Lipinski definition) is 4. The number of rotatable bonds is 3. The molecule has 23 heavy (non-hydrogen) atoms. The molecule has 0 N–H and O–H groups in total. The molecule has 6 heteroatoms. The van der Waals surface area contributed by atoms with E-state index in [4.69, 9.17) is 4.52 Å². The molecule has 0 spiro atoms. The van der Waals surface area contributed by atoms with E-state index in [1.807, 2.05) is 29.7 Å². The number of nitrogens with zero attached hydrogens (tertiary/aromatic N) is 3. The fourth-order valence-electron chi connectivity index (χ4n) is 2.92. The zero-order valence-corrected chi connectivity index (χ0v) is 13.4. The van der Waals surface area contributed by atoms with Crippen LogP contribution in [0.2, 0.25) is 0 Å². The molecule has 1 fully saturated rings. The maximum absolute atomic E-state index is 13.8. The molecule has 0 aliphatic carbocycles. The van der Waals surface area contributed by atoms with Gasteiger partial charge in [0.15, 0.2) is 0 Å². The van der Waals surface area contributed by atoms with Crippen molar-refractivity contribution in [1.82, 2.24) is 10.1 Å². The van der Waals surface area contributed by atoms with Crippen LogP contribution in [0.3, 0.4) is 0 Å². The van der Waals surface area contributed by atoms with E-state index >= 15 is 0 Å². The summed E-state index contributed by atoms with van der Waals surface area (Å²) in [6, 6.07) is 6.75. The number of benzene rings is 1. The van der Waals surface area contributed by atoms with Gasteiger partial charge in [-0.25, -0.2) is 4.39 Å². The third-order valence-corrected chi connectivity index (χ3v) is 4.33. The number of hydrogen-bond donors (Lipinski definition) is 0. The molecule has 0 atom stereocenters. The van der Waals surface area contributed by atoms with Crippen LogP contribution in [0.25, 0.3) is 0 Å². The van der Waals surface area contributed by atoms with E-state index < -0.39 is 0 Å². The summed E-state index contributed by atoms with van der Waals surface area (Å²) in [5.41, 5.74) is 2.23.